The highest BCUT2D eigenvalue weighted by Gasteiger charge is 2.06. The molecule has 1 N–H and O–H groups in total. The summed E-state index contributed by atoms with van der Waals surface area (Å²) in [6, 6.07) is 19.2. The van der Waals surface area contributed by atoms with Crippen LogP contribution >= 0.6 is 11.6 Å². The van der Waals surface area contributed by atoms with E-state index in [0.29, 0.717) is 24.1 Å². The summed E-state index contributed by atoms with van der Waals surface area (Å²) >= 11 is 5.92. The van der Waals surface area contributed by atoms with E-state index >= 15 is 0 Å². The number of nitrogens with one attached hydrogen (secondary N) is 1. The molecule has 3 aromatic rings. The van der Waals surface area contributed by atoms with Crippen molar-refractivity contribution in [3.63, 3.8) is 0 Å². The van der Waals surface area contributed by atoms with Crippen LogP contribution in [0.2, 0.25) is 5.02 Å². The molecule has 0 bridgehead atoms. The van der Waals surface area contributed by atoms with Gasteiger partial charge in [0, 0.05) is 23.8 Å². The second kappa shape index (κ2) is 11.3. The average Bonchev–Trinajstić information content (AvgIpc) is 2.77. The maximum Gasteiger partial charge on any atom is 0.213 e. The van der Waals surface area contributed by atoms with Gasteiger partial charge in [0.1, 0.15) is 6.61 Å². The lowest BCUT2D eigenvalue weighted by molar-refractivity contribution is 0.284. The number of hydrogen-bond donors (Lipinski definition) is 1. The Morgan fingerprint density at radius 2 is 1.76 bits per heavy atom. The first-order valence-corrected chi connectivity index (χ1v) is 9.91. The summed E-state index contributed by atoms with van der Waals surface area (Å²) in [5, 5.41) is 4.13. The number of pyridine rings is 1. The maximum absolute atomic E-state index is 5.92. The van der Waals surface area contributed by atoms with Gasteiger partial charge in [-0.25, -0.2) is 4.98 Å². The molecule has 0 atom stereocenters. The highest BCUT2D eigenvalue weighted by atomic mass is 35.5. The third-order valence-corrected chi connectivity index (χ3v) is 4.50. The van der Waals surface area contributed by atoms with Crippen LogP contribution in [0.3, 0.4) is 0 Å². The Bertz CT molecular complexity index is 873. The zero-order valence-electron chi connectivity index (χ0n) is 16.4. The maximum atomic E-state index is 5.92. The van der Waals surface area contributed by atoms with Gasteiger partial charge in [0.25, 0.3) is 0 Å². The van der Waals surface area contributed by atoms with Crippen molar-refractivity contribution < 1.29 is 14.2 Å². The fraction of sp³-hybridized carbons (Fsp3) is 0.261. The van der Waals surface area contributed by atoms with Crippen LogP contribution in [0.25, 0.3) is 0 Å². The second-order valence-corrected chi connectivity index (χ2v) is 6.88. The molecule has 0 unspecified atom stereocenters. The molecule has 0 saturated carbocycles. The van der Waals surface area contributed by atoms with Gasteiger partial charge in [-0.15, -0.1) is 0 Å². The smallest absolute Gasteiger partial charge is 0.213 e. The lowest BCUT2D eigenvalue weighted by Crippen LogP contribution is -2.17. The molecule has 152 valence electrons. The van der Waals surface area contributed by atoms with Crippen LogP contribution < -0.4 is 19.5 Å². The van der Waals surface area contributed by atoms with Crippen molar-refractivity contribution in [1.29, 1.82) is 0 Å². The quantitative estimate of drug-likeness (QED) is 0.455. The van der Waals surface area contributed by atoms with Gasteiger partial charge in [0.15, 0.2) is 11.5 Å². The van der Waals surface area contributed by atoms with Crippen LogP contribution in [0.1, 0.15) is 17.5 Å². The molecule has 0 spiro atoms. The Morgan fingerprint density at radius 1 is 0.931 bits per heavy atom. The van der Waals surface area contributed by atoms with E-state index in [-0.39, 0.29) is 0 Å². The molecule has 0 aliphatic carbocycles. The summed E-state index contributed by atoms with van der Waals surface area (Å²) in [7, 11) is 1.65. The van der Waals surface area contributed by atoms with Crippen molar-refractivity contribution in [3.05, 3.63) is 83.0 Å². The molecule has 5 nitrogen and oxygen atoms in total. The molecule has 2 aromatic carbocycles. The fourth-order valence-electron chi connectivity index (χ4n) is 2.72. The molecule has 0 aliphatic heterocycles. The number of aromatic nitrogens is 1. The van der Waals surface area contributed by atoms with Gasteiger partial charge in [-0.1, -0.05) is 35.9 Å². The Morgan fingerprint density at radius 3 is 2.52 bits per heavy atom. The first-order chi connectivity index (χ1) is 14.2. The predicted octanol–water partition coefficient (Wildman–Crippen LogP) is 4.88. The third-order valence-electron chi connectivity index (χ3n) is 4.25. The molecule has 0 aliphatic rings. The minimum absolute atomic E-state index is 0.460. The topological polar surface area (TPSA) is 52.6 Å². The highest BCUT2D eigenvalue weighted by Crippen LogP contribution is 2.29. The molecular weight excluding hydrogens is 388 g/mol. The molecule has 6 heteroatoms. The summed E-state index contributed by atoms with van der Waals surface area (Å²) in [6.07, 6.45) is 2.62. The molecule has 0 amide bonds. The van der Waals surface area contributed by atoms with E-state index < -0.39 is 0 Å². The highest BCUT2D eigenvalue weighted by molar-refractivity contribution is 6.30. The number of rotatable bonds is 11. The van der Waals surface area contributed by atoms with E-state index in [9.17, 15) is 0 Å². The number of nitrogens with zero attached hydrogens (tertiary/aromatic N) is 1. The van der Waals surface area contributed by atoms with E-state index in [1.165, 1.54) is 0 Å². The van der Waals surface area contributed by atoms with E-state index in [1.807, 2.05) is 60.7 Å². The Balaban J connectivity index is 1.41. The number of halogens is 1. The summed E-state index contributed by atoms with van der Waals surface area (Å²) in [4.78, 5) is 4.14. The van der Waals surface area contributed by atoms with Crippen molar-refractivity contribution >= 4 is 11.6 Å². The van der Waals surface area contributed by atoms with Crippen molar-refractivity contribution in [2.45, 2.75) is 19.6 Å². The van der Waals surface area contributed by atoms with Gasteiger partial charge in [0.05, 0.1) is 13.7 Å². The summed E-state index contributed by atoms with van der Waals surface area (Å²) in [5.41, 5.74) is 2.18. The Hall–Kier alpha value is -2.76. The average molecular weight is 413 g/mol. The van der Waals surface area contributed by atoms with Gasteiger partial charge in [-0.2, -0.15) is 0 Å². The Labute approximate surface area is 176 Å². The molecule has 0 radical (unpaired) electrons. The molecule has 0 saturated heterocycles. The van der Waals surface area contributed by atoms with Gasteiger partial charge in [-0.3, -0.25) is 0 Å². The number of hydrogen-bond acceptors (Lipinski definition) is 5. The minimum Gasteiger partial charge on any atom is -0.493 e. The third kappa shape index (κ3) is 6.97. The van der Waals surface area contributed by atoms with E-state index in [0.717, 1.165) is 42.1 Å². The van der Waals surface area contributed by atoms with Crippen LogP contribution in [0.15, 0.2) is 66.9 Å². The first-order valence-electron chi connectivity index (χ1n) is 9.53. The van der Waals surface area contributed by atoms with E-state index in [2.05, 4.69) is 10.3 Å². The monoisotopic (exact) mass is 412 g/mol. The SMILES string of the molecule is COc1cc(CNCCCOc2ccccn2)ccc1OCc1ccc(Cl)cc1. The molecular formula is C23H25ClN2O3. The van der Waals surface area contributed by atoms with Crippen LogP contribution in [-0.2, 0) is 13.2 Å². The zero-order valence-corrected chi connectivity index (χ0v) is 17.2. The van der Waals surface area contributed by atoms with Gasteiger partial charge < -0.3 is 19.5 Å². The molecule has 29 heavy (non-hydrogen) atoms. The molecule has 0 fully saturated rings. The van der Waals surface area contributed by atoms with Crippen LogP contribution in [0, 0.1) is 0 Å². The van der Waals surface area contributed by atoms with E-state index in [4.69, 9.17) is 25.8 Å². The van der Waals surface area contributed by atoms with Crippen molar-refractivity contribution in [1.82, 2.24) is 10.3 Å². The normalized spacial score (nSPS) is 10.6. The zero-order chi connectivity index (χ0) is 20.3. The van der Waals surface area contributed by atoms with Crippen LogP contribution in [0.5, 0.6) is 17.4 Å². The second-order valence-electron chi connectivity index (χ2n) is 6.45. The van der Waals surface area contributed by atoms with Crippen LogP contribution in [-0.4, -0.2) is 25.2 Å². The molecule has 3 rings (SSSR count). The van der Waals surface area contributed by atoms with Crippen molar-refractivity contribution in [2.75, 3.05) is 20.3 Å². The molecule has 1 aromatic heterocycles. The number of methoxy groups -OCH3 is 1. The minimum atomic E-state index is 0.460. The Kier molecular flexibility index (Phi) is 8.16. The van der Waals surface area contributed by atoms with Gasteiger partial charge in [-0.05, 0) is 54.4 Å². The van der Waals surface area contributed by atoms with Crippen molar-refractivity contribution in [2.24, 2.45) is 0 Å². The lowest BCUT2D eigenvalue weighted by Gasteiger charge is -2.13. The van der Waals surface area contributed by atoms with Crippen molar-refractivity contribution in [3.8, 4) is 17.4 Å². The predicted molar refractivity (Wildman–Crippen MR) is 115 cm³/mol. The lowest BCUT2D eigenvalue weighted by atomic mass is 10.2. The van der Waals surface area contributed by atoms with Gasteiger partial charge in [0.2, 0.25) is 5.88 Å². The fourth-order valence-corrected chi connectivity index (χ4v) is 2.85. The van der Waals surface area contributed by atoms with Crippen LogP contribution in [0.4, 0.5) is 0 Å². The standard InChI is InChI=1S/C23H25ClN2O3/c1-27-22-15-19(16-25-12-4-14-28-23-5-2-3-13-26-23)8-11-21(22)29-17-18-6-9-20(24)10-7-18/h2-3,5-11,13,15,25H,4,12,14,16-17H2,1H3. The summed E-state index contributed by atoms with van der Waals surface area (Å²) in [6.45, 7) is 2.69. The first kappa shape index (κ1) is 21.0. The number of ether oxygens (including phenoxy) is 3. The molecule has 1 heterocycles. The summed E-state index contributed by atoms with van der Waals surface area (Å²) < 4.78 is 17.0. The van der Waals surface area contributed by atoms with E-state index in [1.54, 1.807) is 13.3 Å². The van der Waals surface area contributed by atoms with Gasteiger partial charge >= 0.3 is 0 Å². The summed E-state index contributed by atoms with van der Waals surface area (Å²) in [5.74, 6) is 2.10. The largest absolute Gasteiger partial charge is 0.493 e. The number of benzene rings is 2.